The molecule has 1 fully saturated rings. The molecule has 0 saturated carbocycles. The van der Waals surface area contributed by atoms with E-state index in [1.807, 2.05) is 7.05 Å². The van der Waals surface area contributed by atoms with Crippen LogP contribution in [-0.4, -0.2) is 33.0 Å². The molecule has 1 N–H and O–H groups in total. The standard InChI is InChI=1S/C16H25NO2/c1-3-13-4-6-14(7-5-13)16(17-2)12-19-15-8-10-18-11-9-15/h4-7,15-17H,3,8-12H2,1-2H3. The van der Waals surface area contributed by atoms with Crippen LogP contribution < -0.4 is 5.32 Å². The van der Waals surface area contributed by atoms with E-state index in [1.165, 1.54) is 11.1 Å². The highest BCUT2D eigenvalue weighted by molar-refractivity contribution is 5.25. The summed E-state index contributed by atoms with van der Waals surface area (Å²) in [6.45, 7) is 4.58. The van der Waals surface area contributed by atoms with Crippen LogP contribution in [0.2, 0.25) is 0 Å². The van der Waals surface area contributed by atoms with Gasteiger partial charge in [0.1, 0.15) is 0 Å². The van der Waals surface area contributed by atoms with Crippen molar-refractivity contribution in [2.45, 2.75) is 38.3 Å². The molecule has 1 aliphatic rings. The van der Waals surface area contributed by atoms with Crippen LogP contribution in [0.5, 0.6) is 0 Å². The van der Waals surface area contributed by atoms with E-state index in [-0.39, 0.29) is 6.04 Å². The van der Waals surface area contributed by atoms with E-state index in [9.17, 15) is 0 Å². The van der Waals surface area contributed by atoms with E-state index in [0.717, 1.165) is 39.1 Å². The summed E-state index contributed by atoms with van der Waals surface area (Å²) in [6, 6.07) is 9.08. The minimum Gasteiger partial charge on any atom is -0.381 e. The summed E-state index contributed by atoms with van der Waals surface area (Å²) < 4.78 is 11.4. The van der Waals surface area contributed by atoms with Crippen LogP contribution in [0.3, 0.4) is 0 Å². The van der Waals surface area contributed by atoms with Crippen LogP contribution >= 0.6 is 0 Å². The Morgan fingerprint density at radius 3 is 2.53 bits per heavy atom. The van der Waals surface area contributed by atoms with Crippen LogP contribution in [0, 0.1) is 0 Å². The van der Waals surface area contributed by atoms with Crippen molar-refractivity contribution in [3.63, 3.8) is 0 Å². The Kier molecular flexibility index (Phi) is 5.83. The molecule has 0 amide bonds. The molecule has 0 spiro atoms. The number of hydrogen-bond donors (Lipinski definition) is 1. The molecule has 3 heteroatoms. The highest BCUT2D eigenvalue weighted by atomic mass is 16.5. The van der Waals surface area contributed by atoms with Gasteiger partial charge < -0.3 is 14.8 Å². The average Bonchev–Trinajstić information content (AvgIpc) is 2.49. The second-order valence-electron chi connectivity index (χ2n) is 5.08. The summed E-state index contributed by atoms with van der Waals surface area (Å²) in [5.74, 6) is 0. The molecule has 106 valence electrons. The fourth-order valence-corrected chi connectivity index (χ4v) is 2.41. The van der Waals surface area contributed by atoms with Gasteiger partial charge in [-0.3, -0.25) is 0 Å². The lowest BCUT2D eigenvalue weighted by atomic mass is 10.0. The number of hydrogen-bond acceptors (Lipinski definition) is 3. The lowest BCUT2D eigenvalue weighted by Gasteiger charge is -2.25. The number of benzene rings is 1. The molecule has 1 aromatic rings. The molecule has 0 radical (unpaired) electrons. The molecule has 2 rings (SSSR count). The van der Waals surface area contributed by atoms with Gasteiger partial charge in [-0.2, -0.15) is 0 Å². The van der Waals surface area contributed by atoms with Crippen LogP contribution in [0.4, 0.5) is 0 Å². The van der Waals surface area contributed by atoms with Crippen molar-refractivity contribution in [3.05, 3.63) is 35.4 Å². The zero-order chi connectivity index (χ0) is 13.5. The van der Waals surface area contributed by atoms with Gasteiger partial charge in [0.25, 0.3) is 0 Å². The highest BCUT2D eigenvalue weighted by Gasteiger charge is 2.17. The molecule has 1 aromatic carbocycles. The van der Waals surface area contributed by atoms with Crippen molar-refractivity contribution < 1.29 is 9.47 Å². The molecule has 3 nitrogen and oxygen atoms in total. The van der Waals surface area contributed by atoms with Gasteiger partial charge >= 0.3 is 0 Å². The Labute approximate surface area is 116 Å². The van der Waals surface area contributed by atoms with Crippen LogP contribution in [-0.2, 0) is 15.9 Å². The third-order valence-electron chi connectivity index (χ3n) is 3.81. The first-order valence-electron chi connectivity index (χ1n) is 7.29. The molecular formula is C16H25NO2. The number of ether oxygens (including phenoxy) is 2. The van der Waals surface area contributed by atoms with Crippen molar-refractivity contribution in [1.82, 2.24) is 5.32 Å². The van der Waals surface area contributed by atoms with Gasteiger partial charge in [-0.15, -0.1) is 0 Å². The normalized spacial score (nSPS) is 18.4. The Hall–Kier alpha value is -0.900. The van der Waals surface area contributed by atoms with Gasteiger partial charge in [0.05, 0.1) is 18.8 Å². The molecular weight excluding hydrogens is 238 g/mol. The van der Waals surface area contributed by atoms with Gasteiger partial charge in [0, 0.05) is 13.2 Å². The minimum absolute atomic E-state index is 0.272. The molecule has 0 bridgehead atoms. The van der Waals surface area contributed by atoms with E-state index in [2.05, 4.69) is 36.5 Å². The maximum Gasteiger partial charge on any atom is 0.0665 e. The van der Waals surface area contributed by atoms with E-state index in [1.54, 1.807) is 0 Å². The molecule has 1 saturated heterocycles. The Morgan fingerprint density at radius 2 is 1.95 bits per heavy atom. The monoisotopic (exact) mass is 263 g/mol. The first-order valence-corrected chi connectivity index (χ1v) is 7.29. The first kappa shape index (κ1) is 14.5. The quantitative estimate of drug-likeness (QED) is 0.856. The lowest BCUT2D eigenvalue weighted by Crippen LogP contribution is -2.28. The van der Waals surface area contributed by atoms with Gasteiger partial charge in [-0.1, -0.05) is 31.2 Å². The molecule has 1 atom stereocenters. The fraction of sp³-hybridized carbons (Fsp3) is 0.625. The summed E-state index contributed by atoms with van der Waals surface area (Å²) in [5.41, 5.74) is 2.68. The van der Waals surface area contributed by atoms with Crippen molar-refractivity contribution in [1.29, 1.82) is 0 Å². The smallest absolute Gasteiger partial charge is 0.0665 e. The van der Waals surface area contributed by atoms with E-state index in [0.29, 0.717) is 6.10 Å². The third-order valence-corrected chi connectivity index (χ3v) is 3.81. The molecule has 1 aliphatic heterocycles. The Morgan fingerprint density at radius 1 is 1.26 bits per heavy atom. The SMILES string of the molecule is CCc1ccc(C(COC2CCOCC2)NC)cc1. The minimum atomic E-state index is 0.272. The zero-order valence-electron chi connectivity index (χ0n) is 12.0. The van der Waals surface area contributed by atoms with Gasteiger partial charge in [0.15, 0.2) is 0 Å². The largest absolute Gasteiger partial charge is 0.381 e. The average molecular weight is 263 g/mol. The summed E-state index contributed by atoms with van der Waals surface area (Å²) >= 11 is 0. The number of nitrogens with one attached hydrogen (secondary N) is 1. The van der Waals surface area contributed by atoms with Gasteiger partial charge in [0.2, 0.25) is 0 Å². The zero-order valence-corrected chi connectivity index (χ0v) is 12.0. The summed E-state index contributed by atoms with van der Waals surface area (Å²) in [5, 5.41) is 3.34. The summed E-state index contributed by atoms with van der Waals surface area (Å²) in [4.78, 5) is 0. The van der Waals surface area contributed by atoms with E-state index in [4.69, 9.17) is 9.47 Å². The maximum absolute atomic E-state index is 6.00. The van der Waals surface area contributed by atoms with Gasteiger partial charge in [-0.05, 0) is 37.4 Å². The van der Waals surface area contributed by atoms with Crippen LogP contribution in [0.15, 0.2) is 24.3 Å². The van der Waals surface area contributed by atoms with Gasteiger partial charge in [-0.25, -0.2) is 0 Å². The first-order chi connectivity index (χ1) is 9.33. The molecule has 1 unspecified atom stereocenters. The number of rotatable bonds is 6. The Balaban J connectivity index is 1.87. The molecule has 19 heavy (non-hydrogen) atoms. The van der Waals surface area contributed by atoms with E-state index >= 15 is 0 Å². The molecule has 1 heterocycles. The number of aryl methyl sites for hydroxylation is 1. The second-order valence-corrected chi connectivity index (χ2v) is 5.08. The van der Waals surface area contributed by atoms with Crippen molar-refractivity contribution in [2.75, 3.05) is 26.9 Å². The van der Waals surface area contributed by atoms with Crippen molar-refractivity contribution >= 4 is 0 Å². The number of likely N-dealkylation sites (N-methyl/N-ethyl adjacent to an activating group) is 1. The molecule has 0 aromatic heterocycles. The third kappa shape index (κ3) is 4.30. The summed E-state index contributed by atoms with van der Waals surface area (Å²) in [6.07, 6.45) is 3.49. The predicted molar refractivity (Wildman–Crippen MR) is 77.4 cm³/mol. The van der Waals surface area contributed by atoms with Crippen LogP contribution in [0.25, 0.3) is 0 Å². The molecule has 0 aliphatic carbocycles. The second kappa shape index (κ2) is 7.63. The van der Waals surface area contributed by atoms with E-state index < -0.39 is 0 Å². The van der Waals surface area contributed by atoms with Crippen molar-refractivity contribution in [2.24, 2.45) is 0 Å². The maximum atomic E-state index is 6.00. The summed E-state index contributed by atoms with van der Waals surface area (Å²) in [7, 11) is 1.99. The van der Waals surface area contributed by atoms with Crippen LogP contribution in [0.1, 0.15) is 36.9 Å². The fourth-order valence-electron chi connectivity index (χ4n) is 2.41. The lowest BCUT2D eigenvalue weighted by molar-refractivity contribution is -0.0378. The van der Waals surface area contributed by atoms with Crippen molar-refractivity contribution in [3.8, 4) is 0 Å². The Bertz CT molecular complexity index is 358. The predicted octanol–water partition coefficient (Wildman–Crippen LogP) is 2.71. The topological polar surface area (TPSA) is 30.5 Å². The highest BCUT2D eigenvalue weighted by Crippen LogP contribution is 2.17.